The summed E-state index contributed by atoms with van der Waals surface area (Å²) < 4.78 is 0. The van der Waals surface area contributed by atoms with Crippen molar-refractivity contribution in [2.45, 2.75) is 31.6 Å². The maximum absolute atomic E-state index is 12.4. The fourth-order valence-electron chi connectivity index (χ4n) is 3.47. The molecule has 0 aliphatic carbocycles. The molecule has 0 saturated carbocycles. The van der Waals surface area contributed by atoms with Gasteiger partial charge in [-0.3, -0.25) is 9.59 Å². The van der Waals surface area contributed by atoms with E-state index in [9.17, 15) is 9.59 Å². The van der Waals surface area contributed by atoms with E-state index in [1.807, 2.05) is 30.3 Å². The molecule has 1 N–H and O–H groups in total. The number of nitrogens with zero attached hydrogens (tertiary/aromatic N) is 3. The van der Waals surface area contributed by atoms with E-state index in [1.54, 1.807) is 17.0 Å². The summed E-state index contributed by atoms with van der Waals surface area (Å²) in [5, 5.41) is 13.0. The Morgan fingerprint density at radius 3 is 2.67 bits per heavy atom. The maximum atomic E-state index is 12.4. The molecule has 30 heavy (non-hydrogen) atoms. The maximum Gasteiger partial charge on any atom is 0.227 e. The van der Waals surface area contributed by atoms with E-state index < -0.39 is 0 Å². The second-order valence-electron chi connectivity index (χ2n) is 7.21. The molecule has 1 aromatic heterocycles. The minimum absolute atomic E-state index is 0.0330. The van der Waals surface area contributed by atoms with Gasteiger partial charge in [-0.25, -0.2) is 0 Å². The van der Waals surface area contributed by atoms with Gasteiger partial charge in [-0.05, 0) is 42.7 Å². The quantitative estimate of drug-likeness (QED) is 0.579. The van der Waals surface area contributed by atoms with E-state index in [-0.39, 0.29) is 17.7 Å². The van der Waals surface area contributed by atoms with Crippen LogP contribution in [0.25, 0.3) is 0 Å². The van der Waals surface area contributed by atoms with Crippen LogP contribution in [-0.2, 0) is 16.0 Å². The molecular formula is C22H21ClN4O2S. The van der Waals surface area contributed by atoms with Crippen LogP contribution in [0.3, 0.4) is 0 Å². The predicted molar refractivity (Wildman–Crippen MR) is 119 cm³/mol. The second kappa shape index (κ2) is 9.36. The highest BCUT2D eigenvalue weighted by Crippen LogP contribution is 2.34. The van der Waals surface area contributed by atoms with E-state index >= 15 is 0 Å². The number of halogens is 1. The minimum Gasteiger partial charge on any atom is -0.312 e. The van der Waals surface area contributed by atoms with Crippen molar-refractivity contribution in [3.8, 4) is 0 Å². The molecule has 3 aromatic rings. The highest BCUT2D eigenvalue weighted by atomic mass is 35.5. The summed E-state index contributed by atoms with van der Waals surface area (Å²) in [4.78, 5) is 26.4. The van der Waals surface area contributed by atoms with Gasteiger partial charge < -0.3 is 10.2 Å². The van der Waals surface area contributed by atoms with Crippen LogP contribution in [0.1, 0.15) is 35.8 Å². The average Bonchev–Trinajstić information content (AvgIpc) is 3.36. The van der Waals surface area contributed by atoms with Gasteiger partial charge in [-0.1, -0.05) is 53.3 Å². The number of amides is 2. The number of benzene rings is 2. The first-order valence-corrected chi connectivity index (χ1v) is 11.0. The molecule has 0 radical (unpaired) electrons. The zero-order chi connectivity index (χ0) is 20.9. The highest BCUT2D eigenvalue weighted by Gasteiger charge is 2.33. The number of rotatable bonds is 7. The van der Waals surface area contributed by atoms with Gasteiger partial charge in [0.05, 0.1) is 0 Å². The Hall–Kier alpha value is -2.77. The third-order valence-electron chi connectivity index (χ3n) is 5.01. The van der Waals surface area contributed by atoms with Gasteiger partial charge in [0.25, 0.3) is 0 Å². The molecule has 154 valence electrons. The number of anilines is 2. The third kappa shape index (κ3) is 5.04. The van der Waals surface area contributed by atoms with Gasteiger partial charge in [0.2, 0.25) is 16.9 Å². The van der Waals surface area contributed by atoms with Gasteiger partial charge in [-0.2, -0.15) is 0 Å². The molecule has 6 nitrogen and oxygen atoms in total. The first kappa shape index (κ1) is 20.5. The molecule has 1 fully saturated rings. The van der Waals surface area contributed by atoms with Gasteiger partial charge in [0.1, 0.15) is 5.01 Å². The zero-order valence-electron chi connectivity index (χ0n) is 16.3. The molecule has 8 heteroatoms. The number of aromatic nitrogens is 2. The Bertz CT molecular complexity index is 1020. The van der Waals surface area contributed by atoms with Crippen LogP contribution in [0, 0.1) is 0 Å². The van der Waals surface area contributed by atoms with Crippen LogP contribution in [0.2, 0.25) is 5.02 Å². The number of aryl methyl sites for hydroxylation is 1. The topological polar surface area (TPSA) is 75.2 Å². The van der Waals surface area contributed by atoms with Crippen molar-refractivity contribution in [3.63, 3.8) is 0 Å². The van der Waals surface area contributed by atoms with E-state index in [0.29, 0.717) is 29.5 Å². The molecule has 1 aliphatic heterocycles. The summed E-state index contributed by atoms with van der Waals surface area (Å²) in [6.45, 7) is 0.542. The van der Waals surface area contributed by atoms with Crippen molar-refractivity contribution in [1.82, 2.24) is 10.2 Å². The fourth-order valence-corrected chi connectivity index (χ4v) is 4.45. The Labute approximate surface area is 183 Å². The van der Waals surface area contributed by atoms with Crippen LogP contribution >= 0.6 is 22.9 Å². The molecule has 2 heterocycles. The molecule has 4 rings (SSSR count). The normalized spacial score (nSPS) is 16.1. The molecule has 0 bridgehead atoms. The monoisotopic (exact) mass is 440 g/mol. The van der Waals surface area contributed by atoms with Crippen molar-refractivity contribution in [1.29, 1.82) is 0 Å². The van der Waals surface area contributed by atoms with Crippen LogP contribution in [0.15, 0.2) is 54.6 Å². The van der Waals surface area contributed by atoms with Gasteiger partial charge in [-0.15, -0.1) is 10.2 Å². The summed E-state index contributed by atoms with van der Waals surface area (Å²) in [6.07, 6.45) is 2.44. The van der Waals surface area contributed by atoms with E-state index in [2.05, 4.69) is 27.6 Å². The summed E-state index contributed by atoms with van der Waals surface area (Å²) in [7, 11) is 0. The van der Waals surface area contributed by atoms with Crippen LogP contribution < -0.4 is 10.2 Å². The Balaban J connectivity index is 1.30. The van der Waals surface area contributed by atoms with Crippen molar-refractivity contribution in [3.05, 3.63) is 70.2 Å². The fraction of sp³-hybridized carbons (Fsp3) is 0.273. The van der Waals surface area contributed by atoms with E-state index in [1.165, 1.54) is 16.9 Å². The zero-order valence-corrected chi connectivity index (χ0v) is 17.8. The third-order valence-corrected chi connectivity index (χ3v) is 6.26. The Morgan fingerprint density at radius 1 is 1.13 bits per heavy atom. The number of carbonyl (C=O) groups excluding carboxylic acids is 2. The molecule has 1 atom stereocenters. The second-order valence-corrected chi connectivity index (χ2v) is 8.66. The number of carbonyl (C=O) groups is 2. The lowest BCUT2D eigenvalue weighted by molar-refractivity contribution is -0.117. The minimum atomic E-state index is -0.0704. The van der Waals surface area contributed by atoms with Gasteiger partial charge in [0, 0.05) is 36.0 Å². The van der Waals surface area contributed by atoms with E-state index in [0.717, 1.165) is 23.5 Å². The van der Waals surface area contributed by atoms with Crippen molar-refractivity contribution < 1.29 is 9.59 Å². The smallest absolute Gasteiger partial charge is 0.227 e. The molecule has 1 aliphatic rings. The van der Waals surface area contributed by atoms with Crippen LogP contribution in [0.4, 0.5) is 10.8 Å². The van der Waals surface area contributed by atoms with Crippen molar-refractivity contribution in [2.75, 3.05) is 16.8 Å². The first-order valence-electron chi connectivity index (χ1n) is 9.81. The molecule has 0 unspecified atom stereocenters. The molecule has 2 aromatic carbocycles. The van der Waals surface area contributed by atoms with Crippen LogP contribution in [0.5, 0.6) is 0 Å². The lowest BCUT2D eigenvalue weighted by Crippen LogP contribution is -2.24. The summed E-state index contributed by atoms with van der Waals surface area (Å²) in [5.74, 6) is -0.0580. The SMILES string of the molecule is O=C(CCCc1ccccc1)Nc1nnc([C@H]2CC(=O)N(c3ccc(Cl)cc3)C2)s1. The first-order chi connectivity index (χ1) is 14.6. The summed E-state index contributed by atoms with van der Waals surface area (Å²) in [6, 6.07) is 17.3. The standard InChI is InChI=1S/C22H21ClN4O2S/c23-17-9-11-18(12-10-17)27-14-16(13-20(27)29)21-25-26-22(30-21)24-19(28)8-4-7-15-5-2-1-3-6-15/h1-3,5-6,9-12,16H,4,7-8,13-14H2,(H,24,26,28)/t16-/m0/s1. The molecule has 2 amide bonds. The van der Waals surface area contributed by atoms with E-state index in [4.69, 9.17) is 11.6 Å². The largest absolute Gasteiger partial charge is 0.312 e. The molecule has 1 saturated heterocycles. The number of hydrogen-bond donors (Lipinski definition) is 1. The van der Waals surface area contributed by atoms with Crippen molar-refractivity contribution >= 4 is 45.6 Å². The Morgan fingerprint density at radius 2 is 1.90 bits per heavy atom. The number of nitrogens with one attached hydrogen (secondary N) is 1. The predicted octanol–water partition coefficient (Wildman–Crippen LogP) is 4.67. The lowest BCUT2D eigenvalue weighted by Gasteiger charge is -2.16. The summed E-state index contributed by atoms with van der Waals surface area (Å²) >= 11 is 7.27. The Kier molecular flexibility index (Phi) is 6.40. The van der Waals surface area contributed by atoms with Crippen molar-refractivity contribution in [2.24, 2.45) is 0 Å². The number of hydrogen-bond acceptors (Lipinski definition) is 5. The summed E-state index contributed by atoms with van der Waals surface area (Å²) in [5.41, 5.74) is 2.04. The van der Waals surface area contributed by atoms with Gasteiger partial charge in [0.15, 0.2) is 0 Å². The molecule has 0 spiro atoms. The molecular weight excluding hydrogens is 420 g/mol. The van der Waals surface area contributed by atoms with Crippen LogP contribution in [-0.4, -0.2) is 28.6 Å². The van der Waals surface area contributed by atoms with Gasteiger partial charge >= 0.3 is 0 Å². The highest BCUT2D eigenvalue weighted by molar-refractivity contribution is 7.15. The lowest BCUT2D eigenvalue weighted by atomic mass is 10.1. The average molecular weight is 441 g/mol.